The van der Waals surface area contributed by atoms with Crippen molar-refractivity contribution in [2.24, 2.45) is 0 Å². The molecule has 1 rings (SSSR count). The van der Waals surface area contributed by atoms with Gasteiger partial charge >= 0.3 is 0 Å². The third-order valence-corrected chi connectivity index (χ3v) is 2.37. The van der Waals surface area contributed by atoms with E-state index in [9.17, 15) is 0 Å². The van der Waals surface area contributed by atoms with Crippen molar-refractivity contribution in [1.82, 2.24) is 0 Å². The Labute approximate surface area is 93.9 Å². The van der Waals surface area contributed by atoms with E-state index in [1.165, 1.54) is 17.6 Å². The van der Waals surface area contributed by atoms with E-state index in [0.29, 0.717) is 0 Å². The second-order valence-electron chi connectivity index (χ2n) is 2.99. The van der Waals surface area contributed by atoms with E-state index in [2.05, 4.69) is 27.7 Å². The van der Waals surface area contributed by atoms with Crippen LogP contribution < -0.4 is 0 Å². The van der Waals surface area contributed by atoms with Crippen LogP contribution in [0.15, 0.2) is 22.3 Å². The predicted molar refractivity (Wildman–Crippen MR) is 52.9 cm³/mol. The molecule has 52 valence electrons. The molecule has 0 atom stereocenters. The minimum Gasteiger partial charge on any atom is -0.0661 e. The van der Waals surface area contributed by atoms with E-state index in [1.807, 2.05) is 0 Å². The Morgan fingerprint density at radius 3 is 1.09 bits per heavy atom. The van der Waals surface area contributed by atoms with Gasteiger partial charge in [0.25, 0.3) is 0 Å². The summed E-state index contributed by atoms with van der Waals surface area (Å²) in [6, 6.07) is 0. The molecular formula is C9H14Li2. The van der Waals surface area contributed by atoms with Gasteiger partial charge in [-0.15, -0.1) is 0 Å². The third kappa shape index (κ3) is 2.89. The Balaban J connectivity index is 0. The number of hydrogen-bond donors (Lipinski definition) is 0. The van der Waals surface area contributed by atoms with Crippen LogP contribution in [0.25, 0.3) is 0 Å². The van der Waals surface area contributed by atoms with Gasteiger partial charge in [-0.1, -0.05) is 11.1 Å². The van der Waals surface area contributed by atoms with Crippen molar-refractivity contribution in [2.75, 3.05) is 0 Å². The van der Waals surface area contributed by atoms with Gasteiger partial charge in [0, 0.05) is 37.7 Å². The fraction of sp³-hybridized carbons (Fsp3) is 0.556. The van der Waals surface area contributed by atoms with Crippen LogP contribution in [-0.2, 0) is 0 Å². The van der Waals surface area contributed by atoms with Crippen LogP contribution in [0, 0.1) is 0 Å². The summed E-state index contributed by atoms with van der Waals surface area (Å²) < 4.78 is 0. The molecule has 2 radical (unpaired) electrons. The Morgan fingerprint density at radius 1 is 0.727 bits per heavy atom. The summed E-state index contributed by atoms with van der Waals surface area (Å²) in [4.78, 5) is 0. The summed E-state index contributed by atoms with van der Waals surface area (Å²) in [7, 11) is 0. The zero-order valence-electron chi connectivity index (χ0n) is 8.71. The average Bonchev–Trinajstić information content (AvgIpc) is 1.98. The molecule has 0 heterocycles. The largest absolute Gasteiger partial charge is 0.0661 e. The summed E-state index contributed by atoms with van der Waals surface area (Å²) >= 11 is 0. The maximum absolute atomic E-state index is 2.22. The minimum atomic E-state index is 0. The van der Waals surface area contributed by atoms with Gasteiger partial charge in [-0.05, 0) is 45.3 Å². The number of allylic oxidation sites excluding steroid dienone is 4. The summed E-state index contributed by atoms with van der Waals surface area (Å²) in [5.74, 6) is 0. The molecule has 0 bridgehead atoms. The summed E-state index contributed by atoms with van der Waals surface area (Å²) in [5, 5.41) is 0. The maximum Gasteiger partial charge on any atom is 0 e. The van der Waals surface area contributed by atoms with Crippen LogP contribution in [0.2, 0.25) is 0 Å². The molecule has 0 fully saturated rings. The normalized spacial score (nSPS) is 16.4. The molecule has 0 saturated heterocycles. The number of rotatable bonds is 0. The Hall–Kier alpha value is 0.675. The Kier molecular flexibility index (Phi) is 6.90. The first-order valence-corrected chi connectivity index (χ1v) is 3.46. The Bertz CT molecular complexity index is 178. The van der Waals surface area contributed by atoms with Crippen LogP contribution in [0.1, 0.15) is 34.1 Å². The first kappa shape index (κ1) is 14.2. The molecule has 2 heteroatoms. The van der Waals surface area contributed by atoms with Gasteiger partial charge in [-0.2, -0.15) is 0 Å². The van der Waals surface area contributed by atoms with Gasteiger partial charge in [0.05, 0.1) is 0 Å². The molecule has 0 aliphatic heterocycles. The van der Waals surface area contributed by atoms with Crippen molar-refractivity contribution >= 4 is 37.7 Å². The molecule has 0 amide bonds. The van der Waals surface area contributed by atoms with E-state index >= 15 is 0 Å². The molecule has 0 spiro atoms. The molecule has 0 nitrogen and oxygen atoms in total. The molecule has 1 aliphatic rings. The number of hydrogen-bond acceptors (Lipinski definition) is 0. The standard InChI is InChI=1S/C9H14.2Li/c1-6-5-7(2)9(4)8(6)3;;/h5H2,1-4H3;;. The predicted octanol–water partition coefficient (Wildman–Crippen LogP) is 2.30. The van der Waals surface area contributed by atoms with Crippen molar-refractivity contribution < 1.29 is 0 Å². The van der Waals surface area contributed by atoms with Crippen molar-refractivity contribution in [3.63, 3.8) is 0 Å². The van der Waals surface area contributed by atoms with E-state index in [-0.39, 0.29) is 37.7 Å². The molecule has 11 heavy (non-hydrogen) atoms. The average molecular weight is 136 g/mol. The van der Waals surface area contributed by atoms with Gasteiger partial charge in [-0.3, -0.25) is 0 Å². The van der Waals surface area contributed by atoms with E-state index in [0.717, 1.165) is 0 Å². The van der Waals surface area contributed by atoms with Gasteiger partial charge < -0.3 is 0 Å². The fourth-order valence-electron chi connectivity index (χ4n) is 1.30. The SMILES string of the molecule is CC1=C(C)C(C)=C(C)C1.[Li].[Li]. The molecule has 0 N–H and O–H groups in total. The van der Waals surface area contributed by atoms with Crippen molar-refractivity contribution in [3.05, 3.63) is 22.3 Å². The first-order chi connectivity index (χ1) is 4.13. The zero-order valence-corrected chi connectivity index (χ0v) is 8.71. The molecule has 0 aromatic heterocycles. The maximum atomic E-state index is 2.22. The van der Waals surface area contributed by atoms with Crippen LogP contribution in [0.3, 0.4) is 0 Å². The molecule has 0 saturated carbocycles. The molecule has 0 unspecified atom stereocenters. The quantitative estimate of drug-likeness (QED) is 0.448. The first-order valence-electron chi connectivity index (χ1n) is 3.46. The van der Waals surface area contributed by atoms with E-state index in [4.69, 9.17) is 0 Å². The van der Waals surface area contributed by atoms with Gasteiger partial charge in [-0.25, -0.2) is 0 Å². The van der Waals surface area contributed by atoms with Crippen LogP contribution >= 0.6 is 0 Å². The third-order valence-electron chi connectivity index (χ3n) is 2.37. The van der Waals surface area contributed by atoms with Gasteiger partial charge in [0.2, 0.25) is 0 Å². The van der Waals surface area contributed by atoms with Gasteiger partial charge in [0.1, 0.15) is 0 Å². The minimum absolute atomic E-state index is 0. The van der Waals surface area contributed by atoms with Crippen LogP contribution in [0.4, 0.5) is 0 Å². The second kappa shape index (κ2) is 5.34. The molecular weight excluding hydrogens is 122 g/mol. The monoisotopic (exact) mass is 136 g/mol. The topological polar surface area (TPSA) is 0 Å². The van der Waals surface area contributed by atoms with Crippen molar-refractivity contribution in [1.29, 1.82) is 0 Å². The smallest absolute Gasteiger partial charge is 0 e. The molecule has 0 aromatic carbocycles. The van der Waals surface area contributed by atoms with Crippen molar-refractivity contribution in [2.45, 2.75) is 34.1 Å². The molecule has 1 aliphatic carbocycles. The van der Waals surface area contributed by atoms with Gasteiger partial charge in [0.15, 0.2) is 0 Å². The second-order valence-corrected chi connectivity index (χ2v) is 2.99. The van der Waals surface area contributed by atoms with Crippen LogP contribution in [-0.4, -0.2) is 37.7 Å². The van der Waals surface area contributed by atoms with E-state index in [1.54, 1.807) is 11.1 Å². The zero-order chi connectivity index (χ0) is 7.02. The van der Waals surface area contributed by atoms with Crippen molar-refractivity contribution in [3.8, 4) is 0 Å². The summed E-state index contributed by atoms with van der Waals surface area (Å²) in [6.07, 6.45) is 1.21. The summed E-state index contributed by atoms with van der Waals surface area (Å²) in [6.45, 7) is 8.85. The van der Waals surface area contributed by atoms with E-state index < -0.39 is 0 Å². The van der Waals surface area contributed by atoms with Crippen LogP contribution in [0.5, 0.6) is 0 Å². The fourth-order valence-corrected chi connectivity index (χ4v) is 1.30. The summed E-state index contributed by atoms with van der Waals surface area (Å²) in [5.41, 5.74) is 6.11. The Morgan fingerprint density at radius 2 is 1.00 bits per heavy atom. The molecule has 0 aromatic rings.